The van der Waals surface area contributed by atoms with Gasteiger partial charge in [-0.2, -0.15) is 0 Å². The van der Waals surface area contributed by atoms with Crippen molar-refractivity contribution in [2.75, 3.05) is 13.2 Å². The van der Waals surface area contributed by atoms with Gasteiger partial charge in [-0.05, 0) is 56.6 Å². The van der Waals surface area contributed by atoms with Gasteiger partial charge in [0.05, 0.1) is 18.1 Å². The molecule has 1 N–H and O–H groups in total. The van der Waals surface area contributed by atoms with E-state index in [1.807, 2.05) is 6.92 Å². The minimum atomic E-state index is -0.661. The molecule has 3 aliphatic rings. The van der Waals surface area contributed by atoms with Crippen molar-refractivity contribution in [3.63, 3.8) is 0 Å². The summed E-state index contributed by atoms with van der Waals surface area (Å²) in [7, 11) is 0. The molecule has 1 saturated heterocycles. The predicted molar refractivity (Wildman–Crippen MR) is 91.4 cm³/mol. The van der Waals surface area contributed by atoms with E-state index in [4.69, 9.17) is 4.74 Å². The zero-order valence-electron chi connectivity index (χ0n) is 14.4. The first kappa shape index (κ1) is 16.1. The van der Waals surface area contributed by atoms with E-state index in [2.05, 4.69) is 29.2 Å². The lowest BCUT2D eigenvalue weighted by molar-refractivity contribution is -0.151. The summed E-state index contributed by atoms with van der Waals surface area (Å²) in [6, 6.07) is 9.67. The molecular formula is C20H27NO3. The summed E-state index contributed by atoms with van der Waals surface area (Å²) in [6.45, 7) is 3.01. The van der Waals surface area contributed by atoms with Crippen molar-refractivity contribution in [1.29, 1.82) is 0 Å². The monoisotopic (exact) mass is 329 g/mol. The highest BCUT2D eigenvalue weighted by Gasteiger charge is 2.47. The van der Waals surface area contributed by atoms with E-state index in [-0.39, 0.29) is 11.9 Å². The molecule has 0 radical (unpaired) electrons. The average Bonchev–Trinajstić information content (AvgIpc) is 3.11. The van der Waals surface area contributed by atoms with E-state index in [9.17, 15) is 9.90 Å². The number of hydrogen-bond acceptors (Lipinski definition) is 4. The Morgan fingerprint density at radius 2 is 1.75 bits per heavy atom. The van der Waals surface area contributed by atoms with Crippen LogP contribution in [0, 0.1) is 5.92 Å². The Labute approximate surface area is 143 Å². The molecule has 130 valence electrons. The van der Waals surface area contributed by atoms with Crippen LogP contribution in [0.5, 0.6) is 0 Å². The van der Waals surface area contributed by atoms with E-state index in [0.717, 1.165) is 19.4 Å². The average molecular weight is 329 g/mol. The standard InChI is InChI=1S/C20H27NO3/c1-2-24-19(22)14-9-11-20(23,12-10-14)13-21-17-7-8-18(21)16-6-4-3-5-15(16)17/h3-6,14,17-18,23H,2,7-13H2,1H3/t14?,17-,18-,20?/m0/s1. The van der Waals surface area contributed by atoms with Crippen molar-refractivity contribution in [1.82, 2.24) is 4.90 Å². The van der Waals surface area contributed by atoms with Gasteiger partial charge in [-0.3, -0.25) is 9.69 Å². The van der Waals surface area contributed by atoms with Gasteiger partial charge in [0.2, 0.25) is 0 Å². The van der Waals surface area contributed by atoms with Crippen LogP contribution in [0.1, 0.15) is 68.7 Å². The molecule has 4 rings (SSSR count). The highest BCUT2D eigenvalue weighted by Crippen LogP contribution is 2.53. The van der Waals surface area contributed by atoms with Crippen LogP contribution in [0.15, 0.2) is 24.3 Å². The Hall–Kier alpha value is -1.39. The van der Waals surface area contributed by atoms with Crippen LogP contribution in [0.2, 0.25) is 0 Å². The first-order valence-corrected chi connectivity index (χ1v) is 9.35. The number of benzene rings is 1. The van der Waals surface area contributed by atoms with Crippen molar-refractivity contribution in [3.8, 4) is 0 Å². The molecule has 0 amide bonds. The maximum atomic E-state index is 11.9. The second kappa shape index (κ2) is 6.16. The number of carbonyl (C=O) groups excluding carboxylic acids is 1. The fraction of sp³-hybridized carbons (Fsp3) is 0.650. The third kappa shape index (κ3) is 2.66. The minimum Gasteiger partial charge on any atom is -0.466 e. The molecule has 4 nitrogen and oxygen atoms in total. The third-order valence-electron chi connectivity index (χ3n) is 6.24. The topological polar surface area (TPSA) is 49.8 Å². The molecule has 0 aromatic heterocycles. The van der Waals surface area contributed by atoms with Crippen LogP contribution in [-0.2, 0) is 9.53 Å². The van der Waals surface area contributed by atoms with Gasteiger partial charge in [-0.15, -0.1) is 0 Å². The van der Waals surface area contributed by atoms with Crippen LogP contribution >= 0.6 is 0 Å². The number of aliphatic hydroxyl groups is 1. The molecule has 24 heavy (non-hydrogen) atoms. The van der Waals surface area contributed by atoms with Crippen LogP contribution in [-0.4, -0.2) is 34.7 Å². The zero-order valence-corrected chi connectivity index (χ0v) is 14.4. The minimum absolute atomic E-state index is 0.0299. The second-order valence-corrected chi connectivity index (χ2v) is 7.66. The number of ether oxygens (including phenoxy) is 1. The summed E-state index contributed by atoms with van der Waals surface area (Å²) >= 11 is 0. The van der Waals surface area contributed by atoms with Crippen LogP contribution in [0.4, 0.5) is 0 Å². The molecule has 2 atom stereocenters. The predicted octanol–water partition coefficient (Wildman–Crippen LogP) is 3.36. The van der Waals surface area contributed by atoms with Gasteiger partial charge in [0, 0.05) is 18.6 Å². The largest absolute Gasteiger partial charge is 0.466 e. The fourth-order valence-corrected chi connectivity index (χ4v) is 5.02. The molecule has 2 heterocycles. The summed E-state index contributed by atoms with van der Waals surface area (Å²) in [5, 5.41) is 11.1. The van der Waals surface area contributed by atoms with Gasteiger partial charge in [-0.25, -0.2) is 0 Å². The van der Waals surface area contributed by atoms with E-state index < -0.39 is 5.60 Å². The van der Waals surface area contributed by atoms with Gasteiger partial charge in [0.25, 0.3) is 0 Å². The first-order valence-electron chi connectivity index (χ1n) is 9.35. The lowest BCUT2D eigenvalue weighted by Crippen LogP contribution is -2.45. The summed E-state index contributed by atoms with van der Waals surface area (Å²) in [5.74, 6) is -0.120. The molecule has 1 aromatic rings. The van der Waals surface area contributed by atoms with Crippen molar-refractivity contribution < 1.29 is 14.6 Å². The summed E-state index contributed by atoms with van der Waals surface area (Å²) in [5.41, 5.74) is 2.25. The summed E-state index contributed by atoms with van der Waals surface area (Å²) in [4.78, 5) is 14.4. The summed E-state index contributed by atoms with van der Waals surface area (Å²) < 4.78 is 5.14. The van der Waals surface area contributed by atoms with E-state index in [1.165, 1.54) is 24.0 Å². The Bertz CT molecular complexity index is 590. The Balaban J connectivity index is 1.41. The molecular weight excluding hydrogens is 302 g/mol. The molecule has 1 aliphatic carbocycles. The molecule has 1 aromatic carbocycles. The highest BCUT2D eigenvalue weighted by atomic mass is 16.5. The molecule has 2 fully saturated rings. The quantitative estimate of drug-likeness (QED) is 0.861. The summed E-state index contributed by atoms with van der Waals surface area (Å²) in [6.07, 6.45) is 5.27. The van der Waals surface area contributed by atoms with E-state index in [0.29, 0.717) is 31.5 Å². The van der Waals surface area contributed by atoms with Crippen LogP contribution < -0.4 is 0 Å². The normalized spacial score (nSPS) is 35.0. The first-order chi connectivity index (χ1) is 11.6. The number of esters is 1. The van der Waals surface area contributed by atoms with Crippen LogP contribution in [0.3, 0.4) is 0 Å². The molecule has 0 unspecified atom stereocenters. The third-order valence-corrected chi connectivity index (χ3v) is 6.24. The van der Waals surface area contributed by atoms with E-state index >= 15 is 0 Å². The van der Waals surface area contributed by atoms with Gasteiger partial charge in [0.1, 0.15) is 0 Å². The molecule has 1 saturated carbocycles. The second-order valence-electron chi connectivity index (χ2n) is 7.66. The highest BCUT2D eigenvalue weighted by molar-refractivity contribution is 5.72. The maximum absolute atomic E-state index is 11.9. The van der Waals surface area contributed by atoms with Gasteiger partial charge in [-0.1, -0.05) is 24.3 Å². The molecule has 4 heteroatoms. The van der Waals surface area contributed by atoms with E-state index in [1.54, 1.807) is 0 Å². The molecule has 2 aliphatic heterocycles. The Morgan fingerprint density at radius 3 is 2.29 bits per heavy atom. The lowest BCUT2D eigenvalue weighted by Gasteiger charge is -2.39. The Kier molecular flexibility index (Phi) is 4.13. The smallest absolute Gasteiger partial charge is 0.308 e. The lowest BCUT2D eigenvalue weighted by atomic mass is 9.78. The van der Waals surface area contributed by atoms with Crippen molar-refractivity contribution in [2.45, 2.75) is 63.1 Å². The molecule has 0 spiro atoms. The van der Waals surface area contributed by atoms with Crippen molar-refractivity contribution in [2.24, 2.45) is 5.92 Å². The number of carbonyl (C=O) groups is 1. The maximum Gasteiger partial charge on any atom is 0.308 e. The van der Waals surface area contributed by atoms with Crippen molar-refractivity contribution >= 4 is 5.97 Å². The van der Waals surface area contributed by atoms with Gasteiger partial charge < -0.3 is 9.84 Å². The molecule has 2 bridgehead atoms. The number of hydrogen-bond donors (Lipinski definition) is 1. The number of nitrogens with zero attached hydrogens (tertiary/aromatic N) is 1. The zero-order chi connectivity index (χ0) is 16.7. The fourth-order valence-electron chi connectivity index (χ4n) is 5.02. The Morgan fingerprint density at radius 1 is 1.17 bits per heavy atom. The number of fused-ring (bicyclic) bond motifs is 5. The number of rotatable bonds is 4. The van der Waals surface area contributed by atoms with Gasteiger partial charge in [0.15, 0.2) is 0 Å². The SMILES string of the molecule is CCOC(=O)C1CCC(O)(CN2[C@H]3CC[C@H]2c2ccccc23)CC1. The van der Waals surface area contributed by atoms with Crippen molar-refractivity contribution in [3.05, 3.63) is 35.4 Å². The van der Waals surface area contributed by atoms with Crippen LogP contribution in [0.25, 0.3) is 0 Å². The van der Waals surface area contributed by atoms with Gasteiger partial charge >= 0.3 is 5.97 Å².